The van der Waals surface area contributed by atoms with Crippen molar-refractivity contribution >= 4 is 34.8 Å². The summed E-state index contributed by atoms with van der Waals surface area (Å²) in [6.45, 7) is 9.99. The molecule has 0 fully saturated rings. The van der Waals surface area contributed by atoms with Gasteiger partial charge in [0.25, 0.3) is 0 Å². The van der Waals surface area contributed by atoms with Gasteiger partial charge in [-0.05, 0) is 13.8 Å². The highest BCUT2D eigenvalue weighted by Crippen LogP contribution is 2.43. The molecule has 16 heavy (non-hydrogen) atoms. The van der Waals surface area contributed by atoms with Gasteiger partial charge in [0.1, 0.15) is 5.69 Å². The van der Waals surface area contributed by atoms with Crippen molar-refractivity contribution in [3.05, 3.63) is 11.4 Å². The van der Waals surface area contributed by atoms with E-state index in [1.54, 1.807) is 4.68 Å². The van der Waals surface area contributed by atoms with Crippen LogP contribution in [-0.4, -0.2) is 15.0 Å². The lowest BCUT2D eigenvalue weighted by atomic mass is 9.91. The molecule has 1 aromatic heterocycles. The third-order valence-electron chi connectivity index (χ3n) is 2.16. The van der Waals surface area contributed by atoms with Crippen LogP contribution in [0.5, 0.6) is 0 Å². The molecule has 0 saturated heterocycles. The molecule has 0 saturated carbocycles. The molecule has 0 aliphatic carbocycles. The van der Waals surface area contributed by atoms with Gasteiger partial charge in [-0.3, -0.25) is 0 Å². The molecule has 0 amide bonds. The summed E-state index contributed by atoms with van der Waals surface area (Å²) in [5, 5.41) is 8.20. The molecule has 0 bridgehead atoms. The maximum absolute atomic E-state index is 5.99. The predicted octanol–water partition coefficient (Wildman–Crippen LogP) is 3.98. The van der Waals surface area contributed by atoms with Crippen LogP contribution in [0.1, 0.15) is 52.0 Å². The van der Waals surface area contributed by atoms with Crippen LogP contribution in [0.4, 0.5) is 0 Å². The third-order valence-corrected chi connectivity index (χ3v) is 2.70. The zero-order chi connectivity index (χ0) is 12.7. The molecular formula is C10H16Cl3N3. The molecule has 3 nitrogen and oxygen atoms in total. The Morgan fingerprint density at radius 2 is 1.62 bits per heavy atom. The van der Waals surface area contributed by atoms with Crippen molar-refractivity contribution in [1.82, 2.24) is 15.0 Å². The molecule has 0 radical (unpaired) electrons. The second-order valence-corrected chi connectivity index (χ2v) is 7.35. The topological polar surface area (TPSA) is 30.7 Å². The van der Waals surface area contributed by atoms with E-state index in [1.807, 2.05) is 34.6 Å². The minimum Gasteiger partial charge on any atom is -0.242 e. The number of nitrogens with zero attached hydrogens (tertiary/aromatic N) is 3. The molecule has 1 rings (SSSR count). The molecule has 0 aliphatic heterocycles. The minimum atomic E-state index is -1.50. The fourth-order valence-corrected chi connectivity index (χ4v) is 1.95. The van der Waals surface area contributed by atoms with E-state index in [0.717, 1.165) is 5.69 Å². The Kier molecular flexibility index (Phi) is 3.83. The maximum Gasteiger partial charge on any atom is 0.234 e. The van der Waals surface area contributed by atoms with Crippen molar-refractivity contribution in [3.63, 3.8) is 0 Å². The highest BCUT2D eigenvalue weighted by molar-refractivity contribution is 6.66. The van der Waals surface area contributed by atoms with Crippen molar-refractivity contribution in [1.29, 1.82) is 0 Å². The first-order valence-corrected chi connectivity index (χ1v) is 6.21. The molecule has 0 N–H and O–H groups in total. The summed E-state index contributed by atoms with van der Waals surface area (Å²) in [6.07, 6.45) is 0. The van der Waals surface area contributed by atoms with E-state index < -0.39 is 3.79 Å². The summed E-state index contributed by atoms with van der Waals surface area (Å²) in [5.74, 6) is 0. The van der Waals surface area contributed by atoms with E-state index in [1.165, 1.54) is 0 Å². The highest BCUT2D eigenvalue weighted by Gasteiger charge is 2.37. The average Bonchev–Trinajstić information content (AvgIpc) is 2.43. The summed E-state index contributed by atoms with van der Waals surface area (Å²) in [6, 6.07) is 0.106. The van der Waals surface area contributed by atoms with Gasteiger partial charge in [-0.2, -0.15) is 0 Å². The summed E-state index contributed by atoms with van der Waals surface area (Å²) in [5.41, 5.74) is 1.08. The van der Waals surface area contributed by atoms with Gasteiger partial charge in [-0.25, -0.2) is 4.68 Å². The van der Waals surface area contributed by atoms with Crippen molar-refractivity contribution < 1.29 is 0 Å². The minimum absolute atomic E-state index is 0.106. The molecular weight excluding hydrogens is 268 g/mol. The van der Waals surface area contributed by atoms with Crippen LogP contribution in [0.25, 0.3) is 0 Å². The number of rotatable bonds is 1. The molecule has 0 atom stereocenters. The maximum atomic E-state index is 5.99. The Balaban J connectivity index is 3.44. The van der Waals surface area contributed by atoms with Crippen LogP contribution < -0.4 is 0 Å². The number of alkyl halides is 3. The van der Waals surface area contributed by atoms with Gasteiger partial charge in [-0.1, -0.05) is 60.8 Å². The van der Waals surface area contributed by atoms with Crippen LogP contribution in [-0.2, 0) is 9.21 Å². The van der Waals surface area contributed by atoms with Crippen molar-refractivity contribution in [2.45, 2.75) is 49.9 Å². The second-order valence-electron chi connectivity index (χ2n) is 5.07. The number of hydrogen-bond donors (Lipinski definition) is 0. The quantitative estimate of drug-likeness (QED) is 0.730. The van der Waals surface area contributed by atoms with E-state index in [4.69, 9.17) is 34.8 Å². The first kappa shape index (κ1) is 14.1. The molecule has 6 heteroatoms. The summed E-state index contributed by atoms with van der Waals surface area (Å²) < 4.78 is 0.157. The fourth-order valence-electron chi connectivity index (χ4n) is 1.42. The van der Waals surface area contributed by atoms with Crippen molar-refractivity contribution in [2.75, 3.05) is 0 Å². The molecule has 0 spiro atoms. The van der Waals surface area contributed by atoms with E-state index in [2.05, 4.69) is 10.3 Å². The Labute approximate surface area is 111 Å². The van der Waals surface area contributed by atoms with Gasteiger partial charge in [0, 0.05) is 11.5 Å². The first-order chi connectivity index (χ1) is 7.05. The van der Waals surface area contributed by atoms with Gasteiger partial charge in [0.15, 0.2) is 0 Å². The van der Waals surface area contributed by atoms with Gasteiger partial charge in [0.05, 0.1) is 5.69 Å². The van der Waals surface area contributed by atoms with Gasteiger partial charge >= 0.3 is 0 Å². The summed E-state index contributed by atoms with van der Waals surface area (Å²) in [7, 11) is 0. The largest absolute Gasteiger partial charge is 0.242 e. The number of halogens is 3. The second kappa shape index (κ2) is 4.35. The molecule has 1 heterocycles. The Morgan fingerprint density at radius 3 is 1.94 bits per heavy atom. The molecule has 92 valence electrons. The van der Waals surface area contributed by atoms with Crippen LogP contribution in [0.3, 0.4) is 0 Å². The average molecular weight is 285 g/mol. The van der Waals surface area contributed by atoms with Crippen molar-refractivity contribution in [2.24, 2.45) is 0 Å². The standard InChI is InChI=1S/C10H16Cl3N3/c1-6(2)16-8(10(11,12)13)7(14-15-16)9(3,4)5/h6H,1-5H3. The van der Waals surface area contributed by atoms with Crippen LogP contribution in [0, 0.1) is 0 Å². The van der Waals surface area contributed by atoms with E-state index in [-0.39, 0.29) is 11.5 Å². The lowest BCUT2D eigenvalue weighted by molar-refractivity contribution is 0.495. The Hall–Kier alpha value is 0.01000. The Morgan fingerprint density at radius 1 is 1.12 bits per heavy atom. The van der Waals surface area contributed by atoms with E-state index >= 15 is 0 Å². The summed E-state index contributed by atoms with van der Waals surface area (Å²) >= 11 is 18.0. The highest BCUT2D eigenvalue weighted by atomic mass is 35.6. The monoisotopic (exact) mass is 283 g/mol. The molecule has 1 aromatic rings. The number of aromatic nitrogens is 3. The zero-order valence-corrected chi connectivity index (χ0v) is 12.3. The first-order valence-electron chi connectivity index (χ1n) is 5.08. The summed E-state index contributed by atoms with van der Waals surface area (Å²) in [4.78, 5) is 0. The van der Waals surface area contributed by atoms with Crippen molar-refractivity contribution in [3.8, 4) is 0 Å². The SMILES string of the molecule is CC(C)n1nnc(C(C)(C)C)c1C(Cl)(Cl)Cl. The van der Waals surface area contributed by atoms with Gasteiger partial charge < -0.3 is 0 Å². The fraction of sp³-hybridized carbons (Fsp3) is 0.800. The zero-order valence-electron chi connectivity index (χ0n) is 10.1. The Bertz CT molecular complexity index is 372. The smallest absolute Gasteiger partial charge is 0.234 e. The lowest BCUT2D eigenvalue weighted by Gasteiger charge is -2.22. The van der Waals surface area contributed by atoms with Crippen LogP contribution in [0.2, 0.25) is 0 Å². The predicted molar refractivity (Wildman–Crippen MR) is 68.3 cm³/mol. The van der Waals surface area contributed by atoms with E-state index in [9.17, 15) is 0 Å². The van der Waals surface area contributed by atoms with Crippen LogP contribution >= 0.6 is 34.8 Å². The van der Waals surface area contributed by atoms with E-state index in [0.29, 0.717) is 5.69 Å². The van der Waals surface area contributed by atoms with Crippen LogP contribution in [0.15, 0.2) is 0 Å². The van der Waals surface area contributed by atoms with Gasteiger partial charge in [-0.15, -0.1) is 5.10 Å². The normalized spacial score (nSPS) is 13.6. The van der Waals surface area contributed by atoms with Gasteiger partial charge in [0.2, 0.25) is 3.79 Å². The molecule has 0 aliphatic rings. The third kappa shape index (κ3) is 2.82. The molecule has 0 unspecified atom stereocenters. The number of hydrogen-bond acceptors (Lipinski definition) is 2. The lowest BCUT2D eigenvalue weighted by Crippen LogP contribution is -2.21. The molecule has 0 aromatic carbocycles.